The highest BCUT2D eigenvalue weighted by Crippen LogP contribution is 2.11. The van der Waals surface area contributed by atoms with Gasteiger partial charge in [-0.3, -0.25) is 0 Å². The molecule has 1 aromatic rings. The first-order valence-corrected chi connectivity index (χ1v) is 8.07. The van der Waals surface area contributed by atoms with E-state index in [1.54, 1.807) is 17.7 Å². The second-order valence-electron chi connectivity index (χ2n) is 4.55. The molecular weight excluding hydrogens is 266 g/mol. The molecular formula is C12H23N3O3S. The first kappa shape index (κ1) is 16.1. The van der Waals surface area contributed by atoms with Crippen LogP contribution < -0.4 is 4.72 Å². The fourth-order valence-electron chi connectivity index (χ4n) is 1.86. The number of nitrogens with one attached hydrogen (secondary N) is 1. The number of nitrogens with zero attached hydrogens (tertiary/aromatic N) is 2. The minimum atomic E-state index is -3.56. The molecule has 1 atom stereocenters. The zero-order valence-electron chi connectivity index (χ0n) is 11.8. The number of aryl methyl sites for hydroxylation is 2. The normalized spacial score (nSPS) is 13.7. The van der Waals surface area contributed by atoms with Gasteiger partial charge < -0.3 is 9.67 Å². The Bertz CT molecular complexity index is 496. The Labute approximate surface area is 114 Å². The number of sulfonamides is 1. The first-order chi connectivity index (χ1) is 8.94. The Morgan fingerprint density at radius 1 is 1.47 bits per heavy atom. The van der Waals surface area contributed by atoms with Crippen LogP contribution in [0.5, 0.6) is 0 Å². The molecule has 0 aromatic carbocycles. The van der Waals surface area contributed by atoms with E-state index in [2.05, 4.69) is 9.71 Å². The molecule has 0 aliphatic heterocycles. The van der Waals surface area contributed by atoms with Crippen LogP contribution in [0.3, 0.4) is 0 Å². The maximum atomic E-state index is 12.1. The largest absolute Gasteiger partial charge is 0.396 e. The average Bonchev–Trinajstić information content (AvgIpc) is 2.76. The zero-order valence-corrected chi connectivity index (χ0v) is 12.6. The average molecular weight is 289 g/mol. The minimum Gasteiger partial charge on any atom is -0.396 e. The van der Waals surface area contributed by atoms with E-state index >= 15 is 0 Å². The van der Waals surface area contributed by atoms with Crippen molar-refractivity contribution in [3.8, 4) is 0 Å². The van der Waals surface area contributed by atoms with Gasteiger partial charge >= 0.3 is 0 Å². The summed E-state index contributed by atoms with van der Waals surface area (Å²) >= 11 is 0. The SMILES string of the molecule is CCC(CCO)CNS(=O)(=O)c1cn(CC)c(C)n1. The van der Waals surface area contributed by atoms with E-state index in [9.17, 15) is 8.42 Å². The van der Waals surface area contributed by atoms with E-state index < -0.39 is 10.0 Å². The van der Waals surface area contributed by atoms with Gasteiger partial charge in [-0.25, -0.2) is 18.1 Å². The topological polar surface area (TPSA) is 84.2 Å². The molecule has 0 aliphatic rings. The first-order valence-electron chi connectivity index (χ1n) is 6.58. The summed E-state index contributed by atoms with van der Waals surface area (Å²) in [6.45, 7) is 6.79. The third kappa shape index (κ3) is 4.29. The quantitative estimate of drug-likeness (QED) is 0.744. The predicted octanol–water partition coefficient (Wildman–Crippen LogP) is 0.898. The van der Waals surface area contributed by atoms with Crippen molar-refractivity contribution in [2.45, 2.75) is 45.2 Å². The lowest BCUT2D eigenvalue weighted by Crippen LogP contribution is -2.30. The van der Waals surface area contributed by atoms with Crippen molar-refractivity contribution in [3.05, 3.63) is 12.0 Å². The maximum Gasteiger partial charge on any atom is 0.259 e. The fourth-order valence-corrected chi connectivity index (χ4v) is 2.98. The van der Waals surface area contributed by atoms with Crippen LogP contribution in [-0.4, -0.2) is 36.2 Å². The van der Waals surface area contributed by atoms with Gasteiger partial charge in [0.15, 0.2) is 5.03 Å². The van der Waals surface area contributed by atoms with Crippen LogP contribution in [0.4, 0.5) is 0 Å². The number of imidazole rings is 1. The van der Waals surface area contributed by atoms with E-state index in [1.807, 2.05) is 13.8 Å². The van der Waals surface area contributed by atoms with Crippen LogP contribution in [0.2, 0.25) is 0 Å². The Balaban J connectivity index is 2.75. The van der Waals surface area contributed by atoms with Gasteiger partial charge in [0.05, 0.1) is 0 Å². The summed E-state index contributed by atoms with van der Waals surface area (Å²) in [7, 11) is -3.56. The summed E-state index contributed by atoms with van der Waals surface area (Å²) in [5.74, 6) is 0.833. The van der Waals surface area contributed by atoms with Gasteiger partial charge in [-0.05, 0) is 26.2 Å². The number of aromatic nitrogens is 2. The second-order valence-corrected chi connectivity index (χ2v) is 6.26. The van der Waals surface area contributed by atoms with Crippen LogP contribution in [0.15, 0.2) is 11.2 Å². The van der Waals surface area contributed by atoms with Gasteiger partial charge in [-0.1, -0.05) is 13.3 Å². The summed E-state index contributed by atoms with van der Waals surface area (Å²) < 4.78 is 28.5. The van der Waals surface area contributed by atoms with Crippen LogP contribution in [-0.2, 0) is 16.6 Å². The van der Waals surface area contributed by atoms with Gasteiger partial charge in [0.2, 0.25) is 0 Å². The smallest absolute Gasteiger partial charge is 0.259 e. The molecule has 0 bridgehead atoms. The lowest BCUT2D eigenvalue weighted by Gasteiger charge is -2.13. The zero-order chi connectivity index (χ0) is 14.5. The third-order valence-electron chi connectivity index (χ3n) is 3.25. The molecule has 110 valence electrons. The van der Waals surface area contributed by atoms with Gasteiger partial charge in [0.25, 0.3) is 10.0 Å². The van der Waals surface area contributed by atoms with E-state index in [0.29, 0.717) is 25.3 Å². The van der Waals surface area contributed by atoms with E-state index in [-0.39, 0.29) is 17.6 Å². The van der Waals surface area contributed by atoms with E-state index in [0.717, 1.165) is 6.42 Å². The van der Waals surface area contributed by atoms with Crippen LogP contribution in [0, 0.1) is 12.8 Å². The van der Waals surface area contributed by atoms with E-state index in [4.69, 9.17) is 5.11 Å². The van der Waals surface area contributed by atoms with Crippen LogP contribution in [0.1, 0.15) is 32.5 Å². The molecule has 2 N–H and O–H groups in total. The maximum absolute atomic E-state index is 12.1. The van der Waals surface area contributed by atoms with Crippen molar-refractivity contribution < 1.29 is 13.5 Å². The highest BCUT2D eigenvalue weighted by Gasteiger charge is 2.20. The highest BCUT2D eigenvalue weighted by molar-refractivity contribution is 7.89. The monoisotopic (exact) mass is 289 g/mol. The molecule has 0 aliphatic carbocycles. The summed E-state index contributed by atoms with van der Waals surface area (Å²) in [6, 6.07) is 0. The molecule has 0 amide bonds. The van der Waals surface area contributed by atoms with Gasteiger partial charge in [0, 0.05) is 25.9 Å². The number of hydrogen-bond acceptors (Lipinski definition) is 4. The molecule has 0 spiro atoms. The molecule has 1 rings (SSSR count). The molecule has 0 fully saturated rings. The standard InChI is InChI=1S/C12H23N3O3S/c1-4-11(6-7-16)8-13-19(17,18)12-9-15(5-2)10(3)14-12/h9,11,13,16H,4-8H2,1-3H3. The lowest BCUT2D eigenvalue weighted by molar-refractivity contribution is 0.254. The Morgan fingerprint density at radius 2 is 2.16 bits per heavy atom. The van der Waals surface area contributed by atoms with Gasteiger partial charge in [-0.2, -0.15) is 0 Å². The molecule has 6 nitrogen and oxygen atoms in total. The van der Waals surface area contributed by atoms with Crippen molar-refractivity contribution >= 4 is 10.0 Å². The predicted molar refractivity (Wildman–Crippen MR) is 73.3 cm³/mol. The molecule has 0 saturated carbocycles. The Hall–Kier alpha value is -0.920. The number of aliphatic hydroxyl groups is 1. The number of rotatable bonds is 8. The third-order valence-corrected chi connectivity index (χ3v) is 4.54. The van der Waals surface area contributed by atoms with Gasteiger partial charge in [0.1, 0.15) is 5.82 Å². The van der Waals surface area contributed by atoms with Crippen molar-refractivity contribution in [2.75, 3.05) is 13.2 Å². The molecule has 1 unspecified atom stereocenters. The van der Waals surface area contributed by atoms with Crippen LogP contribution >= 0.6 is 0 Å². The molecule has 1 aromatic heterocycles. The lowest BCUT2D eigenvalue weighted by atomic mass is 10.0. The number of aliphatic hydroxyl groups excluding tert-OH is 1. The molecule has 0 saturated heterocycles. The van der Waals surface area contributed by atoms with E-state index in [1.165, 1.54) is 0 Å². The van der Waals surface area contributed by atoms with Crippen molar-refractivity contribution in [1.82, 2.24) is 14.3 Å². The Kier molecular flexibility index (Phi) is 5.96. The summed E-state index contributed by atoms with van der Waals surface area (Å²) in [5.41, 5.74) is 0. The van der Waals surface area contributed by atoms with Crippen molar-refractivity contribution in [2.24, 2.45) is 5.92 Å². The van der Waals surface area contributed by atoms with Gasteiger partial charge in [-0.15, -0.1) is 0 Å². The minimum absolute atomic E-state index is 0.0608. The summed E-state index contributed by atoms with van der Waals surface area (Å²) in [6.07, 6.45) is 2.97. The summed E-state index contributed by atoms with van der Waals surface area (Å²) in [4.78, 5) is 4.07. The molecule has 19 heavy (non-hydrogen) atoms. The Morgan fingerprint density at radius 3 is 2.63 bits per heavy atom. The van der Waals surface area contributed by atoms with Crippen molar-refractivity contribution in [1.29, 1.82) is 0 Å². The molecule has 7 heteroatoms. The summed E-state index contributed by atoms with van der Waals surface area (Å²) in [5, 5.41) is 8.95. The molecule has 0 radical (unpaired) electrons. The number of hydrogen-bond donors (Lipinski definition) is 2. The highest BCUT2D eigenvalue weighted by atomic mass is 32.2. The second kappa shape index (κ2) is 7.02. The molecule has 1 heterocycles. The van der Waals surface area contributed by atoms with Crippen molar-refractivity contribution in [3.63, 3.8) is 0 Å². The van der Waals surface area contributed by atoms with Crippen LogP contribution in [0.25, 0.3) is 0 Å². The fraction of sp³-hybridized carbons (Fsp3) is 0.750.